The number of ether oxygens (including phenoxy) is 3. The second kappa shape index (κ2) is 9.40. The number of hydrogen-bond acceptors (Lipinski definition) is 7. The van der Waals surface area contributed by atoms with Crippen molar-refractivity contribution >= 4 is 15.8 Å². The summed E-state index contributed by atoms with van der Waals surface area (Å²) in [4.78, 5) is 12.5. The third-order valence-electron chi connectivity index (χ3n) is 4.35. The van der Waals surface area contributed by atoms with Gasteiger partial charge in [-0.05, 0) is 30.3 Å². The van der Waals surface area contributed by atoms with Gasteiger partial charge >= 0.3 is 6.36 Å². The Balaban J connectivity index is 1.95. The number of nitrogens with zero attached hydrogens (tertiary/aromatic N) is 2. The van der Waals surface area contributed by atoms with E-state index >= 15 is 0 Å². The van der Waals surface area contributed by atoms with Crippen LogP contribution in [0.3, 0.4) is 0 Å². The molecule has 0 aliphatic heterocycles. The Labute approximate surface area is 187 Å². The van der Waals surface area contributed by atoms with Gasteiger partial charge in [-0.3, -0.25) is 14.2 Å². The number of benzene rings is 2. The molecule has 1 heterocycles. The predicted octanol–water partition coefficient (Wildman–Crippen LogP) is 3.60. The lowest BCUT2D eigenvalue weighted by molar-refractivity contribution is -0.274. The summed E-state index contributed by atoms with van der Waals surface area (Å²) in [7, 11) is -1.45. The fraction of sp³-hybridized carbons (Fsp3) is 0.200. The molecule has 2 aromatic carbocycles. The van der Waals surface area contributed by atoms with E-state index in [1.165, 1.54) is 55.4 Å². The number of methoxy groups -OCH3 is 2. The molecule has 0 fully saturated rings. The second-order valence-corrected chi connectivity index (χ2v) is 8.28. The lowest BCUT2D eigenvalue weighted by atomic mass is 10.1. The summed E-state index contributed by atoms with van der Waals surface area (Å²) in [5.41, 5.74) is -0.196. The van der Waals surface area contributed by atoms with Crippen LogP contribution in [0.2, 0.25) is 0 Å². The van der Waals surface area contributed by atoms with Gasteiger partial charge in [-0.25, -0.2) is 8.99 Å². The Bertz CT molecular complexity index is 1220. The van der Waals surface area contributed by atoms with Gasteiger partial charge in [-0.15, -0.1) is 13.2 Å². The van der Waals surface area contributed by atoms with Crippen LogP contribution in [0, 0.1) is 4.78 Å². The van der Waals surface area contributed by atoms with E-state index < -0.39 is 27.9 Å². The van der Waals surface area contributed by atoms with Crippen molar-refractivity contribution < 1.29 is 36.4 Å². The molecular formula is C20H19F3N4O5S. The molecule has 33 heavy (non-hydrogen) atoms. The minimum absolute atomic E-state index is 0.0327. The zero-order valence-corrected chi connectivity index (χ0v) is 18.2. The zero-order valence-electron chi connectivity index (χ0n) is 17.4. The fourth-order valence-electron chi connectivity index (χ4n) is 2.96. The maximum absolute atomic E-state index is 13.1. The van der Waals surface area contributed by atoms with Crippen molar-refractivity contribution in [3.05, 3.63) is 66.0 Å². The van der Waals surface area contributed by atoms with E-state index in [0.29, 0.717) is 0 Å². The monoisotopic (exact) mass is 484 g/mol. The van der Waals surface area contributed by atoms with Crippen molar-refractivity contribution in [3.63, 3.8) is 0 Å². The van der Waals surface area contributed by atoms with Crippen LogP contribution in [-0.4, -0.2) is 40.5 Å². The molecule has 3 aromatic rings. The SMILES string of the molecule is COc1cccc(OC)c1S(=N)(=O)NC(=O)c1ccc(Cn2cccn2)c(OC(F)(F)F)c1. The number of halogens is 3. The number of rotatable bonds is 8. The van der Waals surface area contributed by atoms with Crippen molar-refractivity contribution in [2.75, 3.05) is 14.2 Å². The minimum atomic E-state index is -5.01. The van der Waals surface area contributed by atoms with Crippen molar-refractivity contribution in [1.29, 1.82) is 4.78 Å². The summed E-state index contributed by atoms with van der Waals surface area (Å²) in [6, 6.07) is 9.34. The molecule has 1 amide bonds. The summed E-state index contributed by atoms with van der Waals surface area (Å²) >= 11 is 0. The largest absolute Gasteiger partial charge is 0.573 e. The standard InChI is InChI=1S/C20H19F3N4O5S/c1-30-15-5-3-6-16(31-2)18(15)33(24,29)26-19(28)13-7-8-14(12-27-10-4-9-25-27)17(11-13)32-20(21,22)23/h3-11H,12H2,1-2H3,(H2,24,26,28,29). The van der Waals surface area contributed by atoms with Gasteiger partial charge in [0.1, 0.15) is 17.2 Å². The number of carbonyl (C=O) groups excluding carboxylic acids is 1. The third kappa shape index (κ3) is 5.74. The first-order chi connectivity index (χ1) is 15.5. The van der Waals surface area contributed by atoms with Crippen LogP contribution in [0.1, 0.15) is 15.9 Å². The second-order valence-electron chi connectivity index (χ2n) is 6.55. The van der Waals surface area contributed by atoms with Crippen molar-refractivity contribution in [3.8, 4) is 17.2 Å². The van der Waals surface area contributed by atoms with Gasteiger partial charge in [0.05, 0.1) is 20.8 Å². The normalized spacial score (nSPS) is 13.1. The fourth-order valence-corrected chi connectivity index (χ4v) is 4.31. The highest BCUT2D eigenvalue weighted by atomic mass is 32.2. The van der Waals surface area contributed by atoms with Crippen LogP contribution in [-0.2, 0) is 16.5 Å². The van der Waals surface area contributed by atoms with Crippen molar-refractivity contribution in [1.82, 2.24) is 14.5 Å². The molecule has 0 bridgehead atoms. The Morgan fingerprint density at radius 1 is 1.12 bits per heavy atom. The molecule has 0 spiro atoms. The van der Waals surface area contributed by atoms with Gasteiger partial charge in [0.15, 0.2) is 14.8 Å². The zero-order chi connectivity index (χ0) is 24.2. The molecule has 0 aliphatic rings. The predicted molar refractivity (Wildman–Crippen MR) is 111 cm³/mol. The molecule has 0 aliphatic carbocycles. The average molecular weight is 484 g/mol. The molecule has 1 aromatic heterocycles. The molecule has 0 saturated heterocycles. The maximum Gasteiger partial charge on any atom is 0.573 e. The van der Waals surface area contributed by atoms with Gasteiger partial charge in [0, 0.05) is 23.5 Å². The lowest BCUT2D eigenvalue weighted by Crippen LogP contribution is -2.30. The Kier molecular flexibility index (Phi) is 6.81. The van der Waals surface area contributed by atoms with E-state index in [-0.39, 0.29) is 34.1 Å². The average Bonchev–Trinajstić information content (AvgIpc) is 3.26. The van der Waals surface area contributed by atoms with Gasteiger partial charge in [0.2, 0.25) is 0 Å². The minimum Gasteiger partial charge on any atom is -0.495 e. The molecule has 3 rings (SSSR count). The maximum atomic E-state index is 13.1. The molecule has 176 valence electrons. The van der Waals surface area contributed by atoms with Crippen LogP contribution in [0.4, 0.5) is 13.2 Å². The summed E-state index contributed by atoms with van der Waals surface area (Å²) < 4.78 is 77.9. The summed E-state index contributed by atoms with van der Waals surface area (Å²) in [5.74, 6) is -1.62. The molecule has 1 atom stereocenters. The van der Waals surface area contributed by atoms with Crippen molar-refractivity contribution in [2.24, 2.45) is 0 Å². The molecule has 9 nitrogen and oxygen atoms in total. The molecule has 0 radical (unpaired) electrons. The topological polar surface area (TPSA) is 116 Å². The summed E-state index contributed by atoms with van der Waals surface area (Å²) in [5, 5.41) is 3.94. The van der Waals surface area contributed by atoms with E-state index in [4.69, 9.17) is 14.3 Å². The van der Waals surface area contributed by atoms with E-state index in [9.17, 15) is 22.2 Å². The quantitative estimate of drug-likeness (QED) is 0.505. The smallest absolute Gasteiger partial charge is 0.495 e. The highest BCUT2D eigenvalue weighted by Crippen LogP contribution is 2.33. The van der Waals surface area contributed by atoms with E-state index in [2.05, 4.69) is 9.84 Å². The summed E-state index contributed by atoms with van der Waals surface area (Å²) in [6.07, 6.45) is -2.00. The van der Waals surface area contributed by atoms with Gasteiger partial charge < -0.3 is 14.2 Å². The summed E-state index contributed by atoms with van der Waals surface area (Å²) in [6.45, 7) is -0.0477. The van der Waals surface area contributed by atoms with Gasteiger partial charge in [-0.1, -0.05) is 12.1 Å². The first-order valence-electron chi connectivity index (χ1n) is 9.22. The van der Waals surface area contributed by atoms with Crippen LogP contribution in [0.25, 0.3) is 0 Å². The van der Waals surface area contributed by atoms with Gasteiger partial charge in [0.25, 0.3) is 5.91 Å². The molecule has 2 N–H and O–H groups in total. The number of alkyl halides is 3. The lowest BCUT2D eigenvalue weighted by Gasteiger charge is -2.17. The van der Waals surface area contributed by atoms with E-state index in [1.54, 1.807) is 12.3 Å². The first kappa shape index (κ1) is 23.9. The number of amides is 1. The molecule has 13 heteroatoms. The van der Waals surface area contributed by atoms with Gasteiger partial charge in [-0.2, -0.15) is 5.10 Å². The number of hydrogen-bond donors (Lipinski definition) is 2. The van der Waals surface area contributed by atoms with E-state index in [0.717, 1.165) is 6.07 Å². The van der Waals surface area contributed by atoms with Crippen molar-refractivity contribution in [2.45, 2.75) is 17.8 Å². The highest BCUT2D eigenvalue weighted by Gasteiger charge is 2.33. The molecule has 1 unspecified atom stereocenters. The Morgan fingerprint density at radius 2 is 1.79 bits per heavy atom. The number of carbonyl (C=O) groups is 1. The third-order valence-corrected chi connectivity index (χ3v) is 5.80. The highest BCUT2D eigenvalue weighted by molar-refractivity contribution is 7.91. The first-order valence-corrected chi connectivity index (χ1v) is 10.8. The van der Waals surface area contributed by atoms with Crippen LogP contribution >= 0.6 is 0 Å². The van der Waals surface area contributed by atoms with E-state index in [1.807, 2.05) is 4.72 Å². The number of nitrogens with one attached hydrogen (secondary N) is 2. The molecular weight excluding hydrogens is 465 g/mol. The van der Waals surface area contributed by atoms with Crippen LogP contribution in [0.15, 0.2) is 59.8 Å². The Morgan fingerprint density at radius 3 is 2.33 bits per heavy atom. The van der Waals surface area contributed by atoms with Crippen LogP contribution < -0.4 is 18.9 Å². The molecule has 0 saturated carbocycles. The number of aromatic nitrogens is 2. The van der Waals surface area contributed by atoms with Crippen LogP contribution in [0.5, 0.6) is 17.2 Å². The Hall–Kier alpha value is -3.74.